The lowest BCUT2D eigenvalue weighted by Crippen LogP contribution is -2.38. The molecule has 0 saturated carbocycles. The van der Waals surface area contributed by atoms with Crippen LogP contribution in [0.25, 0.3) is 0 Å². The number of halogens is 2. The fourth-order valence-corrected chi connectivity index (χ4v) is 3.59. The van der Waals surface area contributed by atoms with Crippen LogP contribution in [0.15, 0.2) is 53.6 Å². The van der Waals surface area contributed by atoms with Gasteiger partial charge in [-0.2, -0.15) is 5.10 Å². The van der Waals surface area contributed by atoms with Gasteiger partial charge in [0.15, 0.2) is 0 Å². The minimum atomic E-state index is -0.373. The Morgan fingerprint density at radius 2 is 1.73 bits per heavy atom. The summed E-state index contributed by atoms with van der Waals surface area (Å²) in [6.45, 7) is 4.27. The Labute approximate surface area is 186 Å². The number of hydrogen-bond acceptors (Lipinski definition) is 5. The molecule has 0 aliphatic carbocycles. The summed E-state index contributed by atoms with van der Waals surface area (Å²) in [5.41, 5.74) is 2.15. The predicted molar refractivity (Wildman–Crippen MR) is 120 cm³/mol. The molecule has 6 nitrogen and oxygen atoms in total. The van der Waals surface area contributed by atoms with Gasteiger partial charge in [0.05, 0.1) is 30.9 Å². The molecule has 0 spiro atoms. The summed E-state index contributed by atoms with van der Waals surface area (Å²) in [5.74, 6) is -0.152. The summed E-state index contributed by atoms with van der Waals surface area (Å²) in [7, 11) is 1.64. The summed E-state index contributed by atoms with van der Waals surface area (Å²) in [5, 5.41) is 10.7. The van der Waals surface area contributed by atoms with Crippen LogP contribution in [0, 0.1) is 5.41 Å². The van der Waals surface area contributed by atoms with Gasteiger partial charge < -0.3 is 14.8 Å². The monoisotopic (exact) mass is 449 g/mol. The average Bonchev–Trinajstić information content (AvgIpc) is 3.04. The molecule has 8 heteroatoms. The average molecular weight is 450 g/mol. The van der Waals surface area contributed by atoms with Gasteiger partial charge in [-0.25, -0.2) is 0 Å². The molecule has 3 rings (SSSR count). The number of carbonyl (C=O) groups excluding carboxylic acids is 1. The zero-order chi connectivity index (χ0) is 21.6. The number of hydrazone groups is 1. The first-order valence-electron chi connectivity index (χ1n) is 9.62. The fraction of sp³-hybridized carbons (Fsp3) is 0.364. The number of amides is 1. The standard InChI is InChI=1S/C22H25Cl2N3O3/c1-22(15-30-12-11-29-2)14-27(26-21(22)16-3-5-17(23)6-4-16)13-20(28)25-19-9-7-18(24)8-10-19/h3-10H,11-15H2,1-2H3,(H,25,28). The summed E-state index contributed by atoms with van der Waals surface area (Å²) in [6, 6.07) is 14.5. The highest BCUT2D eigenvalue weighted by Crippen LogP contribution is 2.32. The largest absolute Gasteiger partial charge is 0.382 e. The van der Waals surface area contributed by atoms with Crippen LogP contribution in [0.1, 0.15) is 12.5 Å². The number of benzene rings is 2. The van der Waals surface area contributed by atoms with Crippen LogP contribution in [0.5, 0.6) is 0 Å². The van der Waals surface area contributed by atoms with E-state index in [0.717, 1.165) is 11.3 Å². The van der Waals surface area contributed by atoms with Crippen LogP contribution in [0.4, 0.5) is 5.69 Å². The molecule has 1 N–H and O–H groups in total. The maximum Gasteiger partial charge on any atom is 0.245 e. The minimum absolute atomic E-state index is 0.132. The topological polar surface area (TPSA) is 63.2 Å². The number of carbonyl (C=O) groups is 1. The van der Waals surface area contributed by atoms with Gasteiger partial charge in [-0.1, -0.05) is 35.3 Å². The van der Waals surface area contributed by atoms with Crippen LogP contribution >= 0.6 is 23.2 Å². The summed E-state index contributed by atoms with van der Waals surface area (Å²) < 4.78 is 10.9. The second-order valence-corrected chi connectivity index (χ2v) is 8.31. The zero-order valence-corrected chi connectivity index (χ0v) is 18.5. The molecule has 1 atom stereocenters. The molecular formula is C22H25Cl2N3O3. The molecule has 0 fully saturated rings. The summed E-state index contributed by atoms with van der Waals surface area (Å²) >= 11 is 11.9. The van der Waals surface area contributed by atoms with Gasteiger partial charge in [-0.3, -0.25) is 9.80 Å². The zero-order valence-electron chi connectivity index (χ0n) is 17.0. The lowest BCUT2D eigenvalue weighted by atomic mass is 9.83. The van der Waals surface area contributed by atoms with Crippen LogP contribution in [-0.2, 0) is 14.3 Å². The lowest BCUT2D eigenvalue weighted by molar-refractivity contribution is -0.117. The number of rotatable bonds is 9. The normalized spacial score (nSPS) is 18.4. The molecule has 0 bridgehead atoms. The number of anilines is 1. The smallest absolute Gasteiger partial charge is 0.245 e. The SMILES string of the molecule is COCCOCC1(C)CN(CC(=O)Nc2ccc(Cl)cc2)N=C1c1ccc(Cl)cc1. The van der Waals surface area contributed by atoms with Crippen molar-refractivity contribution >= 4 is 40.5 Å². The molecule has 160 valence electrons. The number of ether oxygens (including phenoxy) is 2. The van der Waals surface area contributed by atoms with Crippen molar-refractivity contribution in [1.29, 1.82) is 0 Å². The molecule has 1 aliphatic heterocycles. The third kappa shape index (κ3) is 5.95. The number of nitrogens with one attached hydrogen (secondary N) is 1. The van der Waals surface area contributed by atoms with Crippen molar-refractivity contribution < 1.29 is 14.3 Å². The Kier molecular flexibility index (Phi) is 7.72. The molecule has 0 radical (unpaired) electrons. The van der Waals surface area contributed by atoms with Gasteiger partial charge in [0, 0.05) is 29.4 Å². The van der Waals surface area contributed by atoms with E-state index in [1.807, 2.05) is 24.3 Å². The van der Waals surface area contributed by atoms with Crippen molar-refractivity contribution in [3.8, 4) is 0 Å². The number of nitrogens with zero attached hydrogens (tertiary/aromatic N) is 2. The maximum absolute atomic E-state index is 12.5. The van der Waals surface area contributed by atoms with E-state index in [0.29, 0.717) is 42.1 Å². The van der Waals surface area contributed by atoms with E-state index in [1.54, 1.807) is 36.4 Å². The lowest BCUT2D eigenvalue weighted by Gasteiger charge is -2.26. The van der Waals surface area contributed by atoms with E-state index in [9.17, 15) is 4.79 Å². The van der Waals surface area contributed by atoms with E-state index in [4.69, 9.17) is 37.8 Å². The van der Waals surface area contributed by atoms with Gasteiger partial charge in [0.1, 0.15) is 6.54 Å². The number of methoxy groups -OCH3 is 1. The molecule has 2 aromatic rings. The Balaban J connectivity index is 1.72. The third-order valence-electron chi connectivity index (χ3n) is 4.77. The second-order valence-electron chi connectivity index (χ2n) is 7.44. The van der Waals surface area contributed by atoms with E-state index in [1.165, 1.54) is 0 Å². The van der Waals surface area contributed by atoms with Crippen molar-refractivity contribution in [1.82, 2.24) is 5.01 Å². The van der Waals surface area contributed by atoms with Crippen LogP contribution in [-0.4, -0.2) is 56.6 Å². The molecule has 0 aromatic heterocycles. The molecule has 0 saturated heterocycles. The predicted octanol–water partition coefficient (Wildman–Crippen LogP) is 4.32. The van der Waals surface area contributed by atoms with Crippen molar-refractivity contribution in [3.63, 3.8) is 0 Å². The molecule has 1 heterocycles. The van der Waals surface area contributed by atoms with Crippen molar-refractivity contribution in [2.75, 3.05) is 45.3 Å². The Hall–Kier alpha value is -2.12. The van der Waals surface area contributed by atoms with Crippen molar-refractivity contribution in [2.24, 2.45) is 10.5 Å². The Morgan fingerprint density at radius 3 is 2.37 bits per heavy atom. The van der Waals surface area contributed by atoms with Gasteiger partial charge in [-0.15, -0.1) is 0 Å². The fourth-order valence-electron chi connectivity index (χ4n) is 3.33. The van der Waals surface area contributed by atoms with Crippen molar-refractivity contribution in [3.05, 3.63) is 64.1 Å². The van der Waals surface area contributed by atoms with Crippen molar-refractivity contribution in [2.45, 2.75) is 6.92 Å². The molecule has 1 aliphatic rings. The first kappa shape index (κ1) is 22.6. The highest BCUT2D eigenvalue weighted by molar-refractivity contribution is 6.31. The molecule has 30 heavy (non-hydrogen) atoms. The molecule has 1 unspecified atom stereocenters. The van der Waals surface area contributed by atoms with Crippen LogP contribution in [0.3, 0.4) is 0 Å². The van der Waals surface area contributed by atoms with E-state index < -0.39 is 0 Å². The van der Waals surface area contributed by atoms with E-state index in [-0.39, 0.29) is 17.9 Å². The summed E-state index contributed by atoms with van der Waals surface area (Å²) in [4.78, 5) is 12.5. The van der Waals surface area contributed by atoms with Gasteiger partial charge in [-0.05, 0) is 48.9 Å². The first-order chi connectivity index (χ1) is 14.4. The van der Waals surface area contributed by atoms with Crippen LogP contribution in [0.2, 0.25) is 10.0 Å². The Morgan fingerprint density at radius 1 is 1.10 bits per heavy atom. The molecule has 2 aromatic carbocycles. The molecular weight excluding hydrogens is 425 g/mol. The highest BCUT2D eigenvalue weighted by atomic mass is 35.5. The highest BCUT2D eigenvalue weighted by Gasteiger charge is 2.40. The quantitative estimate of drug-likeness (QED) is 0.578. The van der Waals surface area contributed by atoms with Crippen LogP contribution < -0.4 is 5.32 Å². The third-order valence-corrected chi connectivity index (χ3v) is 5.27. The van der Waals surface area contributed by atoms with Gasteiger partial charge in [0.2, 0.25) is 5.91 Å². The minimum Gasteiger partial charge on any atom is -0.382 e. The second kappa shape index (κ2) is 10.3. The van der Waals surface area contributed by atoms with E-state index in [2.05, 4.69) is 12.2 Å². The van der Waals surface area contributed by atoms with Gasteiger partial charge >= 0.3 is 0 Å². The summed E-state index contributed by atoms with van der Waals surface area (Å²) in [6.07, 6.45) is 0. The van der Waals surface area contributed by atoms with Gasteiger partial charge in [0.25, 0.3) is 0 Å². The first-order valence-corrected chi connectivity index (χ1v) is 10.4. The Bertz CT molecular complexity index is 888. The maximum atomic E-state index is 12.5. The molecule has 1 amide bonds. The van der Waals surface area contributed by atoms with E-state index >= 15 is 0 Å². The number of hydrogen-bond donors (Lipinski definition) is 1.